The molecule has 1 fully saturated rings. The van der Waals surface area contributed by atoms with Gasteiger partial charge < -0.3 is 4.90 Å². The third-order valence-corrected chi connectivity index (χ3v) is 2.73. The van der Waals surface area contributed by atoms with E-state index in [1.54, 1.807) is 0 Å². The molecule has 0 radical (unpaired) electrons. The van der Waals surface area contributed by atoms with E-state index in [2.05, 4.69) is 18.2 Å². The maximum absolute atomic E-state index is 2.39. The molecule has 0 aromatic carbocycles. The highest BCUT2D eigenvalue weighted by Gasteiger charge is 2.17. The van der Waals surface area contributed by atoms with E-state index in [0.717, 1.165) is 5.25 Å². The molecule has 0 amide bonds. The molecule has 1 rings (SSSR count). The molecule has 0 unspecified atom stereocenters. The van der Waals surface area contributed by atoms with Gasteiger partial charge >= 0.3 is 0 Å². The van der Waals surface area contributed by atoms with Crippen LogP contribution in [0, 0.1) is 0 Å². The van der Waals surface area contributed by atoms with E-state index >= 15 is 0 Å². The van der Waals surface area contributed by atoms with Crippen LogP contribution in [-0.4, -0.2) is 36.5 Å². The first-order valence-corrected chi connectivity index (χ1v) is 4.33. The van der Waals surface area contributed by atoms with Gasteiger partial charge in [0.25, 0.3) is 0 Å². The Labute approximate surface area is 55.4 Å². The van der Waals surface area contributed by atoms with E-state index < -0.39 is 0 Å². The molecular weight excluding hydrogens is 118 g/mol. The molecule has 0 N–H and O–H groups in total. The molecule has 0 bridgehead atoms. The highest BCUT2D eigenvalue weighted by atomic mass is 32.2. The molecule has 0 spiro atoms. The average Bonchev–Trinajstić information content (AvgIpc) is 2.14. The van der Waals surface area contributed by atoms with Crippen LogP contribution in [0.15, 0.2) is 0 Å². The van der Waals surface area contributed by atoms with Crippen LogP contribution in [0.25, 0.3) is 0 Å². The summed E-state index contributed by atoms with van der Waals surface area (Å²) in [5.41, 5.74) is 0. The third-order valence-electron chi connectivity index (χ3n) is 1.68. The summed E-state index contributed by atoms with van der Waals surface area (Å²) < 4.78 is 0. The summed E-state index contributed by atoms with van der Waals surface area (Å²) >= 11 is 1.99. The monoisotopic (exact) mass is 131 g/mol. The summed E-state index contributed by atoms with van der Waals surface area (Å²) in [6.07, 6.45) is 3.58. The third kappa shape index (κ3) is 1.39. The lowest BCUT2D eigenvalue weighted by Gasteiger charge is -2.05. The minimum Gasteiger partial charge on any atom is -0.305 e. The van der Waals surface area contributed by atoms with Crippen molar-refractivity contribution >= 4 is 11.8 Å². The standard InChI is InChI=1S/C6H13NS/c1-7-4-3-6(5-7)8-2/h6H,3-5H2,1-2H3/t6-/m1/s1. The Morgan fingerprint density at radius 3 is 2.62 bits per heavy atom. The highest BCUT2D eigenvalue weighted by Crippen LogP contribution is 2.17. The smallest absolute Gasteiger partial charge is 0.0184 e. The summed E-state index contributed by atoms with van der Waals surface area (Å²) in [7, 11) is 2.19. The average molecular weight is 131 g/mol. The summed E-state index contributed by atoms with van der Waals surface area (Å²) in [4.78, 5) is 2.39. The SMILES string of the molecule is CS[C@@H]1CCN(C)C1. The Balaban J connectivity index is 2.22. The van der Waals surface area contributed by atoms with Crippen LogP contribution < -0.4 is 0 Å². The second kappa shape index (κ2) is 2.74. The molecule has 1 heterocycles. The van der Waals surface area contributed by atoms with Crippen molar-refractivity contribution in [1.82, 2.24) is 4.90 Å². The predicted octanol–water partition coefficient (Wildman–Crippen LogP) is 1.05. The van der Waals surface area contributed by atoms with E-state index in [0.29, 0.717) is 0 Å². The Morgan fingerprint density at radius 1 is 1.62 bits per heavy atom. The van der Waals surface area contributed by atoms with Crippen molar-refractivity contribution in [3.8, 4) is 0 Å². The van der Waals surface area contributed by atoms with Crippen LogP contribution in [0.1, 0.15) is 6.42 Å². The number of thioether (sulfide) groups is 1. The normalized spacial score (nSPS) is 31.5. The summed E-state index contributed by atoms with van der Waals surface area (Å²) in [5.74, 6) is 0. The zero-order valence-corrected chi connectivity index (χ0v) is 6.37. The molecule has 0 aliphatic carbocycles. The molecule has 1 atom stereocenters. The van der Waals surface area contributed by atoms with Gasteiger partial charge in [0, 0.05) is 11.8 Å². The minimum atomic E-state index is 0.917. The summed E-state index contributed by atoms with van der Waals surface area (Å²) in [6, 6.07) is 0. The minimum absolute atomic E-state index is 0.917. The zero-order valence-electron chi connectivity index (χ0n) is 5.55. The van der Waals surface area contributed by atoms with Gasteiger partial charge in [0.1, 0.15) is 0 Å². The fourth-order valence-corrected chi connectivity index (χ4v) is 1.83. The maximum atomic E-state index is 2.39. The maximum Gasteiger partial charge on any atom is 0.0184 e. The molecule has 2 heteroatoms. The Hall–Kier alpha value is 0.310. The Morgan fingerprint density at radius 2 is 2.38 bits per heavy atom. The van der Waals surface area contributed by atoms with E-state index in [1.165, 1.54) is 19.5 Å². The molecule has 8 heavy (non-hydrogen) atoms. The molecule has 1 aliphatic rings. The first-order valence-electron chi connectivity index (χ1n) is 3.04. The second-order valence-corrected chi connectivity index (χ2v) is 3.55. The Bertz CT molecular complexity index is 74.9. The van der Waals surface area contributed by atoms with Crippen LogP contribution in [0.5, 0.6) is 0 Å². The molecule has 48 valence electrons. The topological polar surface area (TPSA) is 3.24 Å². The molecule has 1 nitrogen and oxygen atoms in total. The first-order chi connectivity index (χ1) is 3.83. The molecule has 1 saturated heterocycles. The van der Waals surface area contributed by atoms with E-state index in [1.807, 2.05) is 11.8 Å². The van der Waals surface area contributed by atoms with Gasteiger partial charge in [-0.05, 0) is 26.3 Å². The van der Waals surface area contributed by atoms with Gasteiger partial charge in [-0.2, -0.15) is 11.8 Å². The fourth-order valence-electron chi connectivity index (χ4n) is 1.09. The Kier molecular flexibility index (Phi) is 2.20. The van der Waals surface area contributed by atoms with Crippen molar-refractivity contribution in [1.29, 1.82) is 0 Å². The number of nitrogens with zero attached hydrogens (tertiary/aromatic N) is 1. The van der Waals surface area contributed by atoms with Crippen molar-refractivity contribution in [2.45, 2.75) is 11.7 Å². The van der Waals surface area contributed by atoms with Crippen LogP contribution in [-0.2, 0) is 0 Å². The number of hydrogen-bond donors (Lipinski definition) is 0. The van der Waals surface area contributed by atoms with Crippen molar-refractivity contribution in [3.63, 3.8) is 0 Å². The fraction of sp³-hybridized carbons (Fsp3) is 1.00. The quantitative estimate of drug-likeness (QED) is 0.523. The number of rotatable bonds is 1. The van der Waals surface area contributed by atoms with Gasteiger partial charge in [0.2, 0.25) is 0 Å². The van der Waals surface area contributed by atoms with Crippen molar-refractivity contribution < 1.29 is 0 Å². The van der Waals surface area contributed by atoms with Crippen LogP contribution in [0.4, 0.5) is 0 Å². The highest BCUT2D eigenvalue weighted by molar-refractivity contribution is 7.99. The van der Waals surface area contributed by atoms with Crippen LogP contribution in [0.2, 0.25) is 0 Å². The molecule has 0 aromatic heterocycles. The van der Waals surface area contributed by atoms with Crippen LogP contribution in [0.3, 0.4) is 0 Å². The number of hydrogen-bond acceptors (Lipinski definition) is 2. The van der Waals surface area contributed by atoms with Gasteiger partial charge in [0.05, 0.1) is 0 Å². The van der Waals surface area contributed by atoms with Gasteiger partial charge in [-0.25, -0.2) is 0 Å². The van der Waals surface area contributed by atoms with Gasteiger partial charge in [-0.1, -0.05) is 0 Å². The van der Waals surface area contributed by atoms with Gasteiger partial charge in [0.15, 0.2) is 0 Å². The lowest BCUT2D eigenvalue weighted by atomic mass is 10.4. The van der Waals surface area contributed by atoms with Crippen molar-refractivity contribution in [2.24, 2.45) is 0 Å². The van der Waals surface area contributed by atoms with Crippen molar-refractivity contribution in [2.75, 3.05) is 26.4 Å². The lowest BCUT2D eigenvalue weighted by Crippen LogP contribution is -2.14. The van der Waals surface area contributed by atoms with Crippen molar-refractivity contribution in [3.05, 3.63) is 0 Å². The molecular formula is C6H13NS. The van der Waals surface area contributed by atoms with E-state index in [-0.39, 0.29) is 0 Å². The summed E-state index contributed by atoms with van der Waals surface area (Å²) in [5, 5.41) is 0.917. The van der Waals surface area contributed by atoms with Gasteiger partial charge in [-0.15, -0.1) is 0 Å². The molecule has 0 aromatic rings. The molecule has 1 aliphatic heterocycles. The lowest BCUT2D eigenvalue weighted by molar-refractivity contribution is 0.419. The van der Waals surface area contributed by atoms with Crippen LogP contribution >= 0.6 is 11.8 Å². The molecule has 0 saturated carbocycles. The number of likely N-dealkylation sites (tertiary alicyclic amines) is 1. The van der Waals surface area contributed by atoms with E-state index in [9.17, 15) is 0 Å². The predicted molar refractivity (Wildman–Crippen MR) is 39.4 cm³/mol. The first kappa shape index (κ1) is 6.43. The van der Waals surface area contributed by atoms with E-state index in [4.69, 9.17) is 0 Å². The zero-order chi connectivity index (χ0) is 5.98. The second-order valence-electron chi connectivity index (χ2n) is 2.41. The summed E-state index contributed by atoms with van der Waals surface area (Å²) in [6.45, 7) is 2.59. The van der Waals surface area contributed by atoms with Gasteiger partial charge in [-0.3, -0.25) is 0 Å². The largest absolute Gasteiger partial charge is 0.305 e.